The Morgan fingerprint density at radius 2 is 1.85 bits per heavy atom. The number of carbonyl (C=O) groups is 1. The Labute approximate surface area is 156 Å². The van der Waals surface area contributed by atoms with Gasteiger partial charge in [0.2, 0.25) is 5.91 Å². The van der Waals surface area contributed by atoms with Crippen molar-refractivity contribution in [3.63, 3.8) is 0 Å². The Morgan fingerprint density at radius 1 is 1.15 bits per heavy atom. The summed E-state index contributed by atoms with van der Waals surface area (Å²) in [6.45, 7) is 1.56. The lowest BCUT2D eigenvalue weighted by atomic mass is 9.94. The van der Waals surface area contributed by atoms with Crippen LogP contribution in [0.5, 0.6) is 0 Å². The average molecular weight is 373 g/mol. The molecule has 0 aliphatic heterocycles. The number of aryl methyl sites for hydroxylation is 1. The highest BCUT2D eigenvalue weighted by molar-refractivity contribution is 5.76. The summed E-state index contributed by atoms with van der Waals surface area (Å²) in [5, 5.41) is 0. The van der Waals surface area contributed by atoms with E-state index in [1.807, 2.05) is 0 Å². The number of likely N-dealkylation sites (N-methyl/N-ethyl adjacent to an activating group) is 1. The number of amides is 1. The number of benzene rings is 1. The first-order valence-electron chi connectivity index (χ1n) is 9.23. The van der Waals surface area contributed by atoms with Crippen molar-refractivity contribution in [1.82, 2.24) is 14.0 Å². The Morgan fingerprint density at radius 3 is 2.56 bits per heavy atom. The molecule has 6 nitrogen and oxygen atoms in total. The molecular weight excluding hydrogens is 349 g/mol. The molecule has 0 bridgehead atoms. The van der Waals surface area contributed by atoms with Crippen LogP contribution in [0.15, 0.2) is 40.2 Å². The molecule has 7 heteroatoms. The summed E-state index contributed by atoms with van der Waals surface area (Å²) in [6.07, 6.45) is 8.14. The second-order valence-corrected chi connectivity index (χ2v) is 7.13. The second-order valence-electron chi connectivity index (χ2n) is 7.13. The first kappa shape index (κ1) is 19.1. The molecule has 0 spiro atoms. The number of halogens is 1. The van der Waals surface area contributed by atoms with E-state index in [9.17, 15) is 18.8 Å². The summed E-state index contributed by atoms with van der Waals surface area (Å²) >= 11 is 0. The van der Waals surface area contributed by atoms with Gasteiger partial charge in [0, 0.05) is 25.5 Å². The van der Waals surface area contributed by atoms with Crippen LogP contribution < -0.4 is 11.1 Å². The fraction of sp³-hybridized carbons (Fsp3) is 0.450. The van der Waals surface area contributed by atoms with Gasteiger partial charge in [-0.25, -0.2) is 4.39 Å². The van der Waals surface area contributed by atoms with E-state index in [-0.39, 0.29) is 18.5 Å². The van der Waals surface area contributed by atoms with Crippen LogP contribution >= 0.6 is 0 Å². The predicted octanol–water partition coefficient (Wildman–Crippen LogP) is 2.24. The summed E-state index contributed by atoms with van der Waals surface area (Å²) < 4.78 is 15.8. The van der Waals surface area contributed by atoms with Gasteiger partial charge < -0.3 is 4.90 Å². The first-order chi connectivity index (χ1) is 12.9. The van der Waals surface area contributed by atoms with Gasteiger partial charge >= 0.3 is 11.1 Å². The fourth-order valence-corrected chi connectivity index (χ4v) is 3.59. The highest BCUT2D eigenvalue weighted by Gasteiger charge is 2.22. The summed E-state index contributed by atoms with van der Waals surface area (Å²) in [5.41, 5.74) is -0.621. The van der Waals surface area contributed by atoms with E-state index in [1.165, 1.54) is 30.9 Å². The van der Waals surface area contributed by atoms with Crippen LogP contribution in [0.3, 0.4) is 0 Å². The maximum absolute atomic E-state index is 13.5. The monoisotopic (exact) mass is 373 g/mol. The van der Waals surface area contributed by atoms with Gasteiger partial charge in [-0.3, -0.25) is 23.5 Å². The normalized spacial score (nSPS) is 14.9. The van der Waals surface area contributed by atoms with Crippen molar-refractivity contribution < 1.29 is 9.18 Å². The molecule has 0 radical (unpaired) electrons. The lowest BCUT2D eigenvalue weighted by Gasteiger charge is -2.31. The van der Waals surface area contributed by atoms with Gasteiger partial charge in [-0.2, -0.15) is 0 Å². The van der Waals surface area contributed by atoms with E-state index in [4.69, 9.17) is 0 Å². The largest absolute Gasteiger partial charge is 0.341 e. The molecule has 1 fully saturated rings. The van der Waals surface area contributed by atoms with E-state index in [2.05, 4.69) is 0 Å². The third-order valence-corrected chi connectivity index (χ3v) is 5.31. The number of hydrogen-bond donors (Lipinski definition) is 0. The molecule has 0 saturated heterocycles. The van der Waals surface area contributed by atoms with Crippen LogP contribution in [0.4, 0.5) is 4.39 Å². The van der Waals surface area contributed by atoms with Crippen LogP contribution in [0, 0.1) is 12.7 Å². The number of aromatic nitrogens is 2. The molecule has 1 heterocycles. The van der Waals surface area contributed by atoms with E-state index >= 15 is 0 Å². The number of nitrogens with zero attached hydrogens (tertiary/aromatic N) is 3. The molecule has 144 valence electrons. The lowest BCUT2D eigenvalue weighted by molar-refractivity contribution is -0.133. The molecule has 1 aromatic carbocycles. The molecule has 27 heavy (non-hydrogen) atoms. The highest BCUT2D eigenvalue weighted by atomic mass is 19.1. The standard InChI is InChI=1S/C20H24FN3O3/c1-14-8-9-15(21)12-17(14)24-11-10-23(19(26)20(24)27)13-18(25)22(2)16-6-4-3-5-7-16/h8-12,16H,3-7,13H2,1-2H3. The van der Waals surface area contributed by atoms with Gasteiger partial charge in [-0.1, -0.05) is 25.3 Å². The van der Waals surface area contributed by atoms with Crippen molar-refractivity contribution >= 4 is 5.91 Å². The number of carbonyl (C=O) groups excluding carboxylic acids is 1. The van der Waals surface area contributed by atoms with Gasteiger partial charge in [0.05, 0.1) is 5.69 Å². The van der Waals surface area contributed by atoms with Crippen LogP contribution in [0.25, 0.3) is 5.69 Å². The van der Waals surface area contributed by atoms with Gasteiger partial charge in [0.1, 0.15) is 12.4 Å². The second kappa shape index (κ2) is 7.90. The van der Waals surface area contributed by atoms with Gasteiger partial charge in [0.15, 0.2) is 0 Å². The Balaban J connectivity index is 1.85. The van der Waals surface area contributed by atoms with E-state index in [0.717, 1.165) is 34.8 Å². The van der Waals surface area contributed by atoms with Gasteiger partial charge in [0.25, 0.3) is 0 Å². The zero-order valence-electron chi connectivity index (χ0n) is 15.7. The fourth-order valence-electron chi connectivity index (χ4n) is 3.59. The number of hydrogen-bond acceptors (Lipinski definition) is 3. The Hall–Kier alpha value is -2.70. The average Bonchev–Trinajstić information content (AvgIpc) is 2.68. The zero-order valence-corrected chi connectivity index (χ0v) is 15.7. The predicted molar refractivity (Wildman–Crippen MR) is 101 cm³/mol. The van der Waals surface area contributed by atoms with Gasteiger partial charge in [-0.05, 0) is 37.5 Å². The topological polar surface area (TPSA) is 64.3 Å². The highest BCUT2D eigenvalue weighted by Crippen LogP contribution is 2.21. The van der Waals surface area contributed by atoms with Crippen LogP contribution in [0.2, 0.25) is 0 Å². The summed E-state index contributed by atoms with van der Waals surface area (Å²) in [6, 6.07) is 4.25. The van der Waals surface area contributed by atoms with Gasteiger partial charge in [-0.15, -0.1) is 0 Å². The molecule has 0 atom stereocenters. The van der Waals surface area contributed by atoms with E-state index < -0.39 is 16.9 Å². The quantitative estimate of drug-likeness (QED) is 0.772. The minimum absolute atomic E-state index is 0.177. The molecule has 1 amide bonds. The van der Waals surface area contributed by atoms with Crippen molar-refractivity contribution in [1.29, 1.82) is 0 Å². The third-order valence-electron chi connectivity index (χ3n) is 5.31. The maximum atomic E-state index is 13.5. The minimum Gasteiger partial charge on any atom is -0.341 e. The SMILES string of the molecule is Cc1ccc(F)cc1-n1ccn(CC(=O)N(C)C2CCCCC2)c(=O)c1=O. The minimum atomic E-state index is -0.806. The Kier molecular flexibility index (Phi) is 5.58. The number of rotatable bonds is 4. The first-order valence-corrected chi connectivity index (χ1v) is 9.23. The molecular formula is C20H24FN3O3. The van der Waals surface area contributed by atoms with Crippen molar-refractivity contribution in [3.05, 3.63) is 62.7 Å². The summed E-state index contributed by atoms with van der Waals surface area (Å²) in [4.78, 5) is 39.2. The van der Waals surface area contributed by atoms with Crippen molar-refractivity contribution in [2.45, 2.75) is 51.6 Å². The summed E-state index contributed by atoms with van der Waals surface area (Å²) in [7, 11) is 1.75. The molecule has 1 saturated carbocycles. The van der Waals surface area contributed by atoms with E-state index in [1.54, 1.807) is 24.9 Å². The molecule has 0 N–H and O–H groups in total. The maximum Gasteiger partial charge on any atom is 0.320 e. The lowest BCUT2D eigenvalue weighted by Crippen LogP contribution is -2.45. The molecule has 1 aromatic heterocycles. The molecule has 1 aliphatic carbocycles. The molecule has 3 rings (SSSR count). The van der Waals surface area contributed by atoms with Crippen LogP contribution in [0.1, 0.15) is 37.7 Å². The zero-order chi connectivity index (χ0) is 19.6. The molecule has 0 unspecified atom stereocenters. The smallest absolute Gasteiger partial charge is 0.320 e. The van der Waals surface area contributed by atoms with Crippen molar-refractivity contribution in [3.8, 4) is 5.69 Å². The van der Waals surface area contributed by atoms with Crippen molar-refractivity contribution in [2.75, 3.05) is 7.05 Å². The molecule has 1 aliphatic rings. The van der Waals surface area contributed by atoms with Crippen molar-refractivity contribution in [2.24, 2.45) is 0 Å². The third kappa shape index (κ3) is 4.02. The summed E-state index contributed by atoms with van der Waals surface area (Å²) in [5.74, 6) is -0.681. The van der Waals surface area contributed by atoms with E-state index in [0.29, 0.717) is 11.3 Å². The Bertz CT molecular complexity index is 958. The van der Waals surface area contributed by atoms with Crippen LogP contribution in [-0.4, -0.2) is 33.0 Å². The molecule has 2 aromatic rings. The van der Waals surface area contributed by atoms with Crippen LogP contribution in [-0.2, 0) is 11.3 Å².